The molecule has 2 N–H and O–H groups in total. The molecule has 0 bridgehead atoms. The molecule has 20 heavy (non-hydrogen) atoms. The highest BCUT2D eigenvalue weighted by Gasteiger charge is 2.21. The molecule has 1 atom stereocenters. The van der Waals surface area contributed by atoms with Gasteiger partial charge in [-0.3, -0.25) is 0 Å². The number of nitrogens with zero attached hydrogens (tertiary/aromatic N) is 1. The van der Waals surface area contributed by atoms with Crippen LogP contribution in [0.3, 0.4) is 0 Å². The summed E-state index contributed by atoms with van der Waals surface area (Å²) in [6, 6.07) is 5.22. The van der Waals surface area contributed by atoms with Gasteiger partial charge in [0.25, 0.3) is 0 Å². The molecule has 0 fully saturated rings. The number of rotatable bonds is 8. The highest BCUT2D eigenvalue weighted by atomic mass is 19.1. The molecule has 0 saturated heterocycles. The van der Waals surface area contributed by atoms with Crippen molar-refractivity contribution in [3.05, 3.63) is 29.6 Å². The average molecular weight is 282 g/mol. The Hall–Kier alpha value is -1.13. The minimum absolute atomic E-state index is 0.231. The number of hydrogen-bond donors (Lipinski definition) is 1. The second-order valence-electron chi connectivity index (χ2n) is 5.12. The molecule has 0 aliphatic heterocycles. The van der Waals surface area contributed by atoms with Gasteiger partial charge in [0.15, 0.2) is 0 Å². The van der Waals surface area contributed by atoms with E-state index in [-0.39, 0.29) is 11.9 Å². The van der Waals surface area contributed by atoms with E-state index < -0.39 is 0 Å². The molecule has 3 nitrogen and oxygen atoms in total. The lowest BCUT2D eigenvalue weighted by Crippen LogP contribution is -2.38. The number of methoxy groups -OCH3 is 1. The Bertz CT molecular complexity index is 405. The van der Waals surface area contributed by atoms with E-state index in [2.05, 4.69) is 18.7 Å². The maximum atomic E-state index is 14.1. The molecule has 1 aromatic carbocycles. The minimum atomic E-state index is -0.328. The molecule has 1 rings (SSSR count). The van der Waals surface area contributed by atoms with Gasteiger partial charge in [-0.15, -0.1) is 0 Å². The van der Waals surface area contributed by atoms with Gasteiger partial charge >= 0.3 is 0 Å². The fourth-order valence-electron chi connectivity index (χ4n) is 2.65. The van der Waals surface area contributed by atoms with E-state index in [4.69, 9.17) is 10.5 Å². The maximum absolute atomic E-state index is 14.1. The van der Waals surface area contributed by atoms with Crippen molar-refractivity contribution >= 4 is 5.69 Å². The van der Waals surface area contributed by atoms with Crippen molar-refractivity contribution in [2.75, 3.05) is 25.2 Å². The average Bonchev–Trinajstić information content (AvgIpc) is 2.42. The van der Waals surface area contributed by atoms with Gasteiger partial charge in [-0.25, -0.2) is 4.39 Å². The molecule has 0 spiro atoms. The van der Waals surface area contributed by atoms with Gasteiger partial charge in [0.05, 0.1) is 6.61 Å². The number of halogens is 1. The molecule has 0 aromatic heterocycles. The zero-order valence-electron chi connectivity index (χ0n) is 13.0. The van der Waals surface area contributed by atoms with Crippen LogP contribution in [0, 0.1) is 5.82 Å². The van der Waals surface area contributed by atoms with Crippen molar-refractivity contribution < 1.29 is 9.13 Å². The molecular formula is C16H27FN2O. The van der Waals surface area contributed by atoms with Crippen molar-refractivity contribution in [2.45, 2.75) is 45.7 Å². The third kappa shape index (κ3) is 3.93. The normalized spacial score (nSPS) is 12.8. The zero-order chi connectivity index (χ0) is 15.1. The van der Waals surface area contributed by atoms with E-state index in [0.29, 0.717) is 18.2 Å². The van der Waals surface area contributed by atoms with Crippen LogP contribution in [-0.2, 0) is 4.74 Å². The van der Waals surface area contributed by atoms with Crippen molar-refractivity contribution in [1.82, 2.24) is 0 Å². The fourth-order valence-corrected chi connectivity index (χ4v) is 2.65. The summed E-state index contributed by atoms with van der Waals surface area (Å²) in [5.41, 5.74) is 7.45. The van der Waals surface area contributed by atoms with Gasteiger partial charge in [0.1, 0.15) is 5.82 Å². The Labute approximate surface area is 121 Å². The molecule has 114 valence electrons. The largest absolute Gasteiger partial charge is 0.383 e. The quantitative estimate of drug-likeness (QED) is 0.793. The molecule has 1 aromatic rings. The van der Waals surface area contributed by atoms with Crippen molar-refractivity contribution in [3.63, 3.8) is 0 Å². The Morgan fingerprint density at radius 2 is 1.95 bits per heavy atom. The minimum Gasteiger partial charge on any atom is -0.383 e. The Morgan fingerprint density at radius 1 is 1.30 bits per heavy atom. The van der Waals surface area contributed by atoms with Crippen LogP contribution in [0.1, 0.15) is 45.2 Å². The first-order valence-electron chi connectivity index (χ1n) is 7.36. The number of ether oxygens (including phenoxy) is 1. The monoisotopic (exact) mass is 282 g/mol. The van der Waals surface area contributed by atoms with Crippen LogP contribution in [-0.4, -0.2) is 26.3 Å². The summed E-state index contributed by atoms with van der Waals surface area (Å²) < 4.78 is 19.3. The molecule has 0 aliphatic carbocycles. The topological polar surface area (TPSA) is 38.5 Å². The van der Waals surface area contributed by atoms with Gasteiger partial charge in [0, 0.05) is 37.0 Å². The fraction of sp³-hybridized carbons (Fsp3) is 0.625. The zero-order valence-corrected chi connectivity index (χ0v) is 13.0. The first-order chi connectivity index (χ1) is 9.56. The predicted octanol–water partition coefficient (Wildman–Crippen LogP) is 3.49. The van der Waals surface area contributed by atoms with E-state index >= 15 is 0 Å². The van der Waals surface area contributed by atoms with Crippen LogP contribution in [0.4, 0.5) is 10.1 Å². The van der Waals surface area contributed by atoms with E-state index in [0.717, 1.165) is 25.1 Å². The molecule has 0 aliphatic rings. The van der Waals surface area contributed by atoms with E-state index in [1.54, 1.807) is 13.2 Å². The van der Waals surface area contributed by atoms with Gasteiger partial charge in [-0.2, -0.15) is 0 Å². The van der Waals surface area contributed by atoms with Gasteiger partial charge < -0.3 is 15.4 Å². The summed E-state index contributed by atoms with van der Waals surface area (Å²) in [6.45, 7) is 7.48. The molecule has 0 radical (unpaired) electrons. The molecule has 0 saturated carbocycles. The first kappa shape index (κ1) is 16.9. The molecule has 0 heterocycles. The third-order valence-electron chi connectivity index (χ3n) is 3.71. The Kier molecular flexibility index (Phi) is 6.96. The number of nitrogens with two attached hydrogens (primary N) is 1. The summed E-state index contributed by atoms with van der Waals surface area (Å²) >= 11 is 0. The highest BCUT2D eigenvalue weighted by Crippen LogP contribution is 2.30. The molecule has 0 unspecified atom stereocenters. The van der Waals surface area contributed by atoms with Crippen LogP contribution >= 0.6 is 0 Å². The van der Waals surface area contributed by atoms with Gasteiger partial charge in [-0.05, 0) is 31.9 Å². The standard InChI is InChI=1S/C16H27FN2O/c1-5-13(6-2)19(10-11-20-4)15-9-7-8-14(17)16(15)12(3)18/h7-9,12-13H,5-6,10-11,18H2,1-4H3/t12-/m0/s1. The molecule has 0 amide bonds. The smallest absolute Gasteiger partial charge is 0.130 e. The van der Waals surface area contributed by atoms with Crippen LogP contribution in [0.2, 0.25) is 0 Å². The highest BCUT2D eigenvalue weighted by molar-refractivity contribution is 5.56. The van der Waals surface area contributed by atoms with Crippen molar-refractivity contribution in [3.8, 4) is 0 Å². The van der Waals surface area contributed by atoms with Crippen molar-refractivity contribution in [2.24, 2.45) is 5.73 Å². The lowest BCUT2D eigenvalue weighted by atomic mass is 10.0. The third-order valence-corrected chi connectivity index (χ3v) is 3.71. The second-order valence-corrected chi connectivity index (χ2v) is 5.12. The maximum Gasteiger partial charge on any atom is 0.130 e. The molecular weight excluding hydrogens is 255 g/mol. The Balaban J connectivity index is 3.22. The summed E-state index contributed by atoms with van der Waals surface area (Å²) in [5, 5.41) is 0. The predicted molar refractivity (Wildman–Crippen MR) is 82.6 cm³/mol. The van der Waals surface area contributed by atoms with Crippen LogP contribution in [0.5, 0.6) is 0 Å². The number of hydrogen-bond acceptors (Lipinski definition) is 3. The van der Waals surface area contributed by atoms with E-state index in [1.165, 1.54) is 6.07 Å². The van der Waals surface area contributed by atoms with Gasteiger partial charge in [0.2, 0.25) is 0 Å². The second kappa shape index (κ2) is 8.22. The molecule has 4 heteroatoms. The van der Waals surface area contributed by atoms with Crippen molar-refractivity contribution in [1.29, 1.82) is 0 Å². The van der Waals surface area contributed by atoms with Crippen LogP contribution in [0.15, 0.2) is 18.2 Å². The lowest BCUT2D eigenvalue weighted by molar-refractivity contribution is 0.202. The summed E-state index contributed by atoms with van der Waals surface area (Å²) in [4.78, 5) is 2.23. The first-order valence-corrected chi connectivity index (χ1v) is 7.36. The van der Waals surface area contributed by atoms with Crippen LogP contribution < -0.4 is 10.6 Å². The SMILES string of the molecule is CCC(CC)N(CCOC)c1cccc(F)c1[C@H](C)N. The summed E-state index contributed by atoms with van der Waals surface area (Å²) in [6.07, 6.45) is 2.02. The van der Waals surface area contributed by atoms with Gasteiger partial charge in [-0.1, -0.05) is 19.9 Å². The Morgan fingerprint density at radius 3 is 2.45 bits per heavy atom. The van der Waals surface area contributed by atoms with Crippen LogP contribution in [0.25, 0.3) is 0 Å². The number of benzene rings is 1. The summed E-state index contributed by atoms with van der Waals surface area (Å²) in [5.74, 6) is -0.231. The van der Waals surface area contributed by atoms with E-state index in [1.807, 2.05) is 13.0 Å². The number of anilines is 1. The lowest BCUT2D eigenvalue weighted by Gasteiger charge is -2.34. The summed E-state index contributed by atoms with van der Waals surface area (Å²) in [7, 11) is 1.68. The van der Waals surface area contributed by atoms with E-state index in [9.17, 15) is 4.39 Å².